The first-order chi connectivity index (χ1) is 5.74. The van der Waals surface area contributed by atoms with Crippen LogP contribution >= 0.6 is 0 Å². The predicted octanol–water partition coefficient (Wildman–Crippen LogP) is 2.02. The number of hydrogen-bond donors (Lipinski definition) is 0. The van der Waals surface area contributed by atoms with Gasteiger partial charge in [0.15, 0.2) is 6.73 Å². The van der Waals surface area contributed by atoms with Crippen molar-refractivity contribution in [1.29, 1.82) is 0 Å². The molecule has 0 aliphatic carbocycles. The normalized spacial score (nSPS) is 11.6. The molecule has 0 bridgehead atoms. The van der Waals surface area contributed by atoms with E-state index in [1.807, 2.05) is 0 Å². The molecule has 2 nitrogen and oxygen atoms in total. The van der Waals surface area contributed by atoms with Crippen LogP contribution < -0.4 is 0 Å². The Hall–Kier alpha value is -0.340. The summed E-state index contributed by atoms with van der Waals surface area (Å²) in [5, 5.41) is 0. The van der Waals surface area contributed by atoms with Crippen LogP contribution in [0.4, 0.5) is 0 Å². The summed E-state index contributed by atoms with van der Waals surface area (Å²) in [7, 11) is 0. The second kappa shape index (κ2) is 6.21. The molecule has 0 saturated heterocycles. The fourth-order valence-corrected chi connectivity index (χ4v) is 1.27. The van der Waals surface area contributed by atoms with Crippen LogP contribution in [0.2, 0.25) is 0 Å². The van der Waals surface area contributed by atoms with Gasteiger partial charge in [-0.15, -0.1) is 6.58 Å². The molecule has 0 aromatic rings. The maximum absolute atomic E-state index is 5.48. The third-order valence-corrected chi connectivity index (χ3v) is 2.61. The molecular weight excluding hydrogens is 150 g/mol. The zero-order chi connectivity index (χ0) is 9.45. The van der Waals surface area contributed by atoms with E-state index in [4.69, 9.17) is 4.74 Å². The van der Waals surface area contributed by atoms with Gasteiger partial charge in [0.05, 0.1) is 26.2 Å². The molecule has 0 unspecified atom stereocenters. The van der Waals surface area contributed by atoms with E-state index in [-0.39, 0.29) is 0 Å². The second-order valence-corrected chi connectivity index (χ2v) is 3.08. The van der Waals surface area contributed by atoms with E-state index < -0.39 is 0 Å². The highest BCUT2D eigenvalue weighted by atomic mass is 16.5. The minimum absolute atomic E-state index is 0.667. The molecule has 0 aliphatic rings. The van der Waals surface area contributed by atoms with Crippen molar-refractivity contribution >= 4 is 0 Å². The molecule has 0 amide bonds. The van der Waals surface area contributed by atoms with Crippen LogP contribution in [-0.4, -0.2) is 37.5 Å². The Balaban J connectivity index is 3.84. The molecule has 0 saturated carbocycles. The van der Waals surface area contributed by atoms with Gasteiger partial charge in [0.1, 0.15) is 0 Å². The van der Waals surface area contributed by atoms with Crippen LogP contribution in [-0.2, 0) is 4.74 Å². The predicted molar refractivity (Wildman–Crippen MR) is 52.9 cm³/mol. The SMILES string of the molecule is C=CCOC[N+](CC)(CC)CC. The van der Waals surface area contributed by atoms with Crippen molar-refractivity contribution in [2.24, 2.45) is 0 Å². The molecule has 2 heteroatoms. The third-order valence-electron chi connectivity index (χ3n) is 2.61. The zero-order valence-electron chi connectivity index (χ0n) is 8.68. The first-order valence-corrected chi connectivity index (χ1v) is 4.78. The Bertz CT molecular complexity index is 111. The van der Waals surface area contributed by atoms with Gasteiger partial charge in [-0.05, 0) is 20.8 Å². The van der Waals surface area contributed by atoms with E-state index in [1.54, 1.807) is 6.08 Å². The molecule has 0 aliphatic heterocycles. The van der Waals surface area contributed by atoms with E-state index in [0.717, 1.165) is 30.8 Å². The highest BCUT2D eigenvalue weighted by Gasteiger charge is 2.19. The Morgan fingerprint density at radius 1 is 1.17 bits per heavy atom. The Labute approximate surface area is 76.4 Å². The number of ether oxygens (including phenoxy) is 1. The highest BCUT2D eigenvalue weighted by molar-refractivity contribution is 4.62. The van der Waals surface area contributed by atoms with Crippen LogP contribution in [0.5, 0.6) is 0 Å². The van der Waals surface area contributed by atoms with Crippen LogP contribution in [0, 0.1) is 0 Å². The lowest BCUT2D eigenvalue weighted by Gasteiger charge is -2.34. The Morgan fingerprint density at radius 3 is 2.00 bits per heavy atom. The van der Waals surface area contributed by atoms with Crippen molar-refractivity contribution in [2.45, 2.75) is 20.8 Å². The average molecular weight is 172 g/mol. The van der Waals surface area contributed by atoms with E-state index in [2.05, 4.69) is 27.4 Å². The van der Waals surface area contributed by atoms with E-state index in [0.29, 0.717) is 6.61 Å². The number of quaternary nitrogens is 1. The molecule has 0 radical (unpaired) electrons. The third kappa shape index (κ3) is 3.37. The first-order valence-electron chi connectivity index (χ1n) is 4.78. The smallest absolute Gasteiger partial charge is 0.183 e. The van der Waals surface area contributed by atoms with Crippen LogP contribution in [0.1, 0.15) is 20.8 Å². The molecule has 0 atom stereocenters. The molecule has 0 aromatic heterocycles. The summed E-state index contributed by atoms with van der Waals surface area (Å²) in [6.07, 6.45) is 1.80. The molecule has 0 heterocycles. The maximum atomic E-state index is 5.48. The van der Waals surface area contributed by atoms with Gasteiger partial charge in [0.2, 0.25) is 0 Å². The largest absolute Gasteiger partial charge is 0.328 e. The average Bonchev–Trinajstić information content (AvgIpc) is 2.14. The maximum Gasteiger partial charge on any atom is 0.183 e. The highest BCUT2D eigenvalue weighted by Crippen LogP contribution is 2.05. The molecule has 0 spiro atoms. The summed E-state index contributed by atoms with van der Waals surface area (Å²) >= 11 is 0. The van der Waals surface area contributed by atoms with Crippen molar-refractivity contribution in [1.82, 2.24) is 0 Å². The van der Waals surface area contributed by atoms with Gasteiger partial charge in [-0.25, -0.2) is 0 Å². The molecule has 0 aromatic carbocycles. The van der Waals surface area contributed by atoms with Crippen molar-refractivity contribution < 1.29 is 9.22 Å². The van der Waals surface area contributed by atoms with E-state index in [9.17, 15) is 0 Å². The molecule has 0 fully saturated rings. The number of rotatable bonds is 7. The summed E-state index contributed by atoms with van der Waals surface area (Å²) in [6.45, 7) is 15.2. The standard InChI is InChI=1S/C10H22NO/c1-5-9-12-10-11(6-2,7-3)8-4/h5H,1,6-10H2,2-4H3/q+1. The van der Waals surface area contributed by atoms with Crippen LogP contribution in [0.25, 0.3) is 0 Å². The number of hydrogen-bond acceptors (Lipinski definition) is 1. The van der Waals surface area contributed by atoms with E-state index >= 15 is 0 Å². The van der Waals surface area contributed by atoms with Crippen molar-refractivity contribution in [3.63, 3.8) is 0 Å². The van der Waals surface area contributed by atoms with Crippen molar-refractivity contribution in [2.75, 3.05) is 33.0 Å². The monoisotopic (exact) mass is 172 g/mol. The zero-order valence-corrected chi connectivity index (χ0v) is 8.68. The van der Waals surface area contributed by atoms with Gasteiger partial charge < -0.3 is 9.22 Å². The summed E-state index contributed by atoms with van der Waals surface area (Å²) in [6, 6.07) is 0. The van der Waals surface area contributed by atoms with Crippen molar-refractivity contribution in [3.8, 4) is 0 Å². The van der Waals surface area contributed by atoms with Crippen LogP contribution in [0.15, 0.2) is 12.7 Å². The molecule has 12 heavy (non-hydrogen) atoms. The van der Waals surface area contributed by atoms with Gasteiger partial charge >= 0.3 is 0 Å². The lowest BCUT2D eigenvalue weighted by Crippen LogP contribution is -2.49. The van der Waals surface area contributed by atoms with Gasteiger partial charge in [0, 0.05) is 0 Å². The molecule has 72 valence electrons. The van der Waals surface area contributed by atoms with Gasteiger partial charge in [0.25, 0.3) is 0 Å². The van der Waals surface area contributed by atoms with Gasteiger partial charge in [-0.1, -0.05) is 6.08 Å². The van der Waals surface area contributed by atoms with Crippen molar-refractivity contribution in [3.05, 3.63) is 12.7 Å². The fourth-order valence-electron chi connectivity index (χ4n) is 1.27. The summed E-state index contributed by atoms with van der Waals surface area (Å²) in [5.74, 6) is 0. The molecule has 0 N–H and O–H groups in total. The summed E-state index contributed by atoms with van der Waals surface area (Å²) in [5.41, 5.74) is 0. The second-order valence-electron chi connectivity index (χ2n) is 3.08. The van der Waals surface area contributed by atoms with Crippen LogP contribution in [0.3, 0.4) is 0 Å². The fraction of sp³-hybridized carbons (Fsp3) is 0.800. The summed E-state index contributed by atoms with van der Waals surface area (Å²) < 4.78 is 6.52. The minimum Gasteiger partial charge on any atom is -0.328 e. The topological polar surface area (TPSA) is 9.23 Å². The molecule has 0 rings (SSSR count). The Morgan fingerprint density at radius 2 is 1.67 bits per heavy atom. The van der Waals surface area contributed by atoms with Gasteiger partial charge in [-0.3, -0.25) is 0 Å². The lowest BCUT2D eigenvalue weighted by atomic mass is 10.4. The molecular formula is C10H22NO+. The Kier molecular flexibility index (Phi) is 6.03. The quantitative estimate of drug-likeness (QED) is 0.247. The first kappa shape index (κ1) is 11.7. The minimum atomic E-state index is 0.667. The van der Waals surface area contributed by atoms with E-state index in [1.165, 1.54) is 0 Å². The summed E-state index contributed by atoms with van der Waals surface area (Å²) in [4.78, 5) is 0. The number of nitrogens with zero attached hydrogens (tertiary/aromatic N) is 1. The van der Waals surface area contributed by atoms with Gasteiger partial charge in [-0.2, -0.15) is 0 Å². The lowest BCUT2D eigenvalue weighted by molar-refractivity contribution is -0.941.